The Morgan fingerprint density at radius 1 is 0.676 bits per heavy atom. The van der Waals surface area contributed by atoms with Crippen LogP contribution >= 0.6 is 7.82 Å². The van der Waals surface area contributed by atoms with Crippen molar-refractivity contribution in [3.05, 3.63) is 12.2 Å². The maximum Gasteiger partial charge on any atom is 0.483 e. The molecule has 0 aliphatic carbocycles. The summed E-state index contributed by atoms with van der Waals surface area (Å²) < 4.78 is 59.7. The van der Waals surface area contributed by atoms with Crippen molar-refractivity contribution >= 4 is 13.8 Å². The first-order valence-electron chi connectivity index (χ1n) is 13.5. The number of phosphoric acid groups is 1. The molecule has 0 N–H and O–H groups in total. The summed E-state index contributed by atoms with van der Waals surface area (Å²) in [6.45, 7) is 17.0. The van der Waals surface area contributed by atoms with E-state index in [4.69, 9.17) is 37.3 Å². The second-order valence-electron chi connectivity index (χ2n) is 8.91. The van der Waals surface area contributed by atoms with E-state index in [2.05, 4.69) is 6.58 Å². The molecule has 0 amide bonds. The van der Waals surface area contributed by atoms with Crippen LogP contribution in [0.15, 0.2) is 12.2 Å². The molecule has 0 aliphatic rings. The number of unbranched alkanes of at least 4 members (excludes halogenated alkanes) is 4. The highest BCUT2D eigenvalue weighted by atomic mass is 31.2. The predicted octanol–water partition coefficient (Wildman–Crippen LogP) is 6.88. The summed E-state index contributed by atoms with van der Waals surface area (Å²) >= 11 is 0. The fraction of sp³-hybridized carbons (Fsp3) is 0.885. The third-order valence-electron chi connectivity index (χ3n) is 4.92. The van der Waals surface area contributed by atoms with Crippen LogP contribution in [0.5, 0.6) is 0 Å². The summed E-state index contributed by atoms with van der Waals surface area (Å²) in [4.78, 5) is 11.7. The second kappa shape index (κ2) is 20.1. The van der Waals surface area contributed by atoms with Crippen molar-refractivity contribution in [1.29, 1.82) is 0 Å². The van der Waals surface area contributed by atoms with Crippen LogP contribution in [0.3, 0.4) is 0 Å². The minimum absolute atomic E-state index is 0.198. The molecule has 11 heteroatoms. The number of carbonyl (C=O) groups excluding carboxylic acids is 1. The Bertz CT molecular complexity index is 614. The molecule has 0 bridgehead atoms. The number of carbonyl (C=O) groups is 1. The fourth-order valence-electron chi connectivity index (χ4n) is 2.68. The topological polar surface area (TPSA) is 108 Å². The van der Waals surface area contributed by atoms with E-state index in [0.29, 0.717) is 26.4 Å². The Balaban J connectivity index is 5.84. The van der Waals surface area contributed by atoms with E-state index < -0.39 is 25.7 Å². The summed E-state index contributed by atoms with van der Waals surface area (Å²) in [5.74, 6) is -4.03. The minimum Gasteiger partial charge on any atom is -0.460 e. The van der Waals surface area contributed by atoms with Gasteiger partial charge >= 0.3 is 13.8 Å². The summed E-state index contributed by atoms with van der Waals surface area (Å²) in [6, 6.07) is 0. The van der Waals surface area contributed by atoms with Crippen molar-refractivity contribution < 1.29 is 46.6 Å². The van der Waals surface area contributed by atoms with Gasteiger partial charge in [0.1, 0.15) is 6.61 Å². The van der Waals surface area contributed by atoms with Gasteiger partial charge in [-0.3, -0.25) is 4.52 Å². The van der Waals surface area contributed by atoms with Crippen LogP contribution < -0.4 is 0 Å². The molecule has 0 aromatic carbocycles. The Morgan fingerprint density at radius 2 is 1.03 bits per heavy atom. The van der Waals surface area contributed by atoms with E-state index in [1.807, 2.05) is 27.7 Å². The van der Waals surface area contributed by atoms with Gasteiger partial charge in [0.05, 0.1) is 33.0 Å². The van der Waals surface area contributed by atoms with E-state index in [1.54, 1.807) is 0 Å². The van der Waals surface area contributed by atoms with Gasteiger partial charge in [-0.15, -0.1) is 0 Å². The van der Waals surface area contributed by atoms with Crippen molar-refractivity contribution in [3.63, 3.8) is 0 Å². The third kappa shape index (κ3) is 17.4. The second-order valence-corrected chi connectivity index (χ2v) is 10.4. The van der Waals surface area contributed by atoms with Gasteiger partial charge < -0.3 is 23.7 Å². The van der Waals surface area contributed by atoms with Crippen LogP contribution in [0.2, 0.25) is 0 Å². The molecule has 0 unspecified atom stereocenters. The predicted molar refractivity (Wildman–Crippen MR) is 142 cm³/mol. The average molecular weight is 555 g/mol. The van der Waals surface area contributed by atoms with Gasteiger partial charge in [-0.1, -0.05) is 60.0 Å². The lowest BCUT2D eigenvalue weighted by Crippen LogP contribution is -2.40. The van der Waals surface area contributed by atoms with Crippen molar-refractivity contribution in [2.75, 3.05) is 39.6 Å². The molecule has 0 radical (unpaired) electrons. The molecule has 220 valence electrons. The number of hydrogen-bond donors (Lipinski definition) is 0. The first-order valence-corrected chi connectivity index (χ1v) is 15.0. The highest BCUT2D eigenvalue weighted by molar-refractivity contribution is 7.48. The highest BCUT2D eigenvalue weighted by Crippen LogP contribution is 2.56. The number of phosphoric ester groups is 1. The Morgan fingerprint density at radius 3 is 1.32 bits per heavy atom. The Hall–Kier alpha value is -0.840. The Labute approximate surface area is 224 Å². The average Bonchev–Trinajstić information content (AvgIpc) is 2.82. The normalized spacial score (nSPS) is 12.6. The van der Waals surface area contributed by atoms with Crippen LogP contribution in [0.1, 0.15) is 99.8 Å². The fourth-order valence-corrected chi connectivity index (χ4v) is 4.14. The van der Waals surface area contributed by atoms with Crippen LogP contribution in [0.4, 0.5) is 0 Å². The van der Waals surface area contributed by atoms with Crippen molar-refractivity contribution in [1.82, 2.24) is 0 Å². The molecule has 0 fully saturated rings. The largest absolute Gasteiger partial charge is 0.483 e. The lowest BCUT2D eigenvalue weighted by atomic mass is 10.3. The zero-order valence-electron chi connectivity index (χ0n) is 24.1. The maximum absolute atomic E-state index is 14.0. The van der Waals surface area contributed by atoms with E-state index in [-0.39, 0.29) is 18.8 Å². The smallest absolute Gasteiger partial charge is 0.460 e. The number of esters is 1. The zero-order valence-corrected chi connectivity index (χ0v) is 25.0. The minimum atomic E-state index is -4.45. The van der Waals surface area contributed by atoms with Crippen molar-refractivity contribution in [3.8, 4) is 0 Å². The van der Waals surface area contributed by atoms with Crippen molar-refractivity contribution in [2.24, 2.45) is 0 Å². The van der Waals surface area contributed by atoms with E-state index >= 15 is 0 Å². The lowest BCUT2D eigenvalue weighted by Gasteiger charge is -2.36. The SMILES string of the molecule is C=C(C)C(=O)OCCOP(=O)(OC(C)(OCCCC)OCCCC)OC(C)(OCCCC)OCCCC. The molecule has 37 heavy (non-hydrogen) atoms. The number of ether oxygens (including phenoxy) is 5. The molecule has 10 nitrogen and oxygen atoms in total. The van der Waals surface area contributed by atoms with Gasteiger partial charge in [-0.2, -0.15) is 0 Å². The molecule has 0 rings (SSSR count). The maximum atomic E-state index is 14.0. The first kappa shape index (κ1) is 36.2. The molecule has 0 saturated carbocycles. The van der Waals surface area contributed by atoms with Crippen LogP contribution in [-0.2, 0) is 46.6 Å². The van der Waals surface area contributed by atoms with Gasteiger partial charge in [-0.25, -0.2) is 18.4 Å². The van der Waals surface area contributed by atoms with E-state index in [1.165, 1.54) is 20.8 Å². The van der Waals surface area contributed by atoms with Gasteiger partial charge in [0.2, 0.25) is 0 Å². The molecule has 0 atom stereocenters. The molecule has 0 spiro atoms. The quantitative estimate of drug-likeness (QED) is 0.0390. The zero-order chi connectivity index (χ0) is 28.2. The molecular formula is C26H51O10P. The van der Waals surface area contributed by atoms with E-state index in [9.17, 15) is 9.36 Å². The lowest BCUT2D eigenvalue weighted by molar-refractivity contribution is -0.363. The monoisotopic (exact) mass is 554 g/mol. The van der Waals surface area contributed by atoms with Gasteiger partial charge in [0.25, 0.3) is 11.9 Å². The third-order valence-corrected chi connectivity index (χ3v) is 6.53. The number of hydrogen-bond acceptors (Lipinski definition) is 10. The summed E-state index contributed by atoms with van der Waals surface area (Å²) in [5.41, 5.74) is 0.234. The van der Waals surface area contributed by atoms with E-state index in [0.717, 1.165) is 51.4 Å². The molecule has 0 aliphatic heterocycles. The summed E-state index contributed by atoms with van der Waals surface area (Å²) in [5, 5.41) is 0. The van der Waals surface area contributed by atoms with Crippen molar-refractivity contribution in [2.45, 2.75) is 112 Å². The standard InChI is InChI=1S/C26H51O10P/c1-9-13-17-30-25(7,31-18-14-10-2)35-37(28,34-22-21-29-24(27)23(5)6)36-26(8,32-19-15-11-3)33-20-16-12-4/h5,9-22H2,1-4,6-8H3. The van der Waals surface area contributed by atoms with Crippen LogP contribution in [0.25, 0.3) is 0 Å². The van der Waals surface area contributed by atoms with Gasteiger partial charge in [0, 0.05) is 19.4 Å². The molecular weight excluding hydrogens is 503 g/mol. The van der Waals surface area contributed by atoms with Crippen LogP contribution in [-0.4, -0.2) is 57.6 Å². The Kier molecular flexibility index (Phi) is 19.7. The molecule has 0 saturated heterocycles. The summed E-state index contributed by atoms with van der Waals surface area (Å²) in [6.07, 6.45) is 6.54. The first-order chi connectivity index (χ1) is 17.5. The number of rotatable bonds is 25. The van der Waals surface area contributed by atoms with Gasteiger partial charge in [-0.05, 0) is 32.6 Å². The van der Waals surface area contributed by atoms with Crippen LogP contribution in [0, 0.1) is 0 Å². The molecule has 0 heterocycles. The molecule has 0 aromatic rings. The summed E-state index contributed by atoms with van der Waals surface area (Å²) in [7, 11) is -4.45. The molecule has 0 aromatic heterocycles. The van der Waals surface area contributed by atoms with Gasteiger partial charge in [0.15, 0.2) is 0 Å². The highest BCUT2D eigenvalue weighted by Gasteiger charge is 2.46.